The SMILES string of the molecule is [CH2-]c1cccc2cccnc12.[CH2-]c1cccc2cccnc12.[Cl][Pd+].[Cl][Pd+]. The molecule has 0 amide bonds. The molecule has 0 aliphatic carbocycles. The van der Waals surface area contributed by atoms with E-state index in [1.54, 1.807) is 12.4 Å². The maximum absolute atomic E-state index is 4.49. The molecular weight excluding hydrogens is 552 g/mol. The number of rotatable bonds is 0. The van der Waals surface area contributed by atoms with Gasteiger partial charge >= 0.3 is 55.4 Å². The molecule has 0 spiro atoms. The van der Waals surface area contributed by atoms with E-state index in [9.17, 15) is 0 Å². The van der Waals surface area contributed by atoms with Crippen LogP contribution in [0.25, 0.3) is 21.8 Å². The second-order valence-corrected chi connectivity index (χ2v) is 4.98. The van der Waals surface area contributed by atoms with Crippen molar-refractivity contribution in [3.63, 3.8) is 0 Å². The van der Waals surface area contributed by atoms with Crippen molar-refractivity contribution < 1.29 is 36.4 Å². The molecule has 4 rings (SSSR count). The molecule has 0 aliphatic heterocycles. The van der Waals surface area contributed by atoms with Gasteiger partial charge in [0.2, 0.25) is 0 Å². The molecule has 0 N–H and O–H groups in total. The number of para-hydroxylation sites is 2. The third-order valence-electron chi connectivity index (χ3n) is 3.43. The van der Waals surface area contributed by atoms with Crippen LogP contribution in [0.3, 0.4) is 0 Å². The van der Waals surface area contributed by atoms with Crippen LogP contribution in [0.5, 0.6) is 0 Å². The Kier molecular flexibility index (Phi) is 11.6. The predicted molar refractivity (Wildman–Crippen MR) is 104 cm³/mol. The number of pyridine rings is 2. The van der Waals surface area contributed by atoms with E-state index in [1.165, 1.54) is 0 Å². The van der Waals surface area contributed by atoms with E-state index in [0.29, 0.717) is 0 Å². The molecule has 0 saturated carbocycles. The first kappa shape index (κ1) is 22.9. The Hall–Kier alpha value is -1.10. The maximum atomic E-state index is 4.49. The number of nitrogens with zero attached hydrogens (tertiary/aromatic N) is 2. The van der Waals surface area contributed by atoms with E-state index in [2.05, 4.69) is 79.2 Å². The summed E-state index contributed by atoms with van der Waals surface area (Å²) in [6.45, 7) is 7.77. The molecule has 0 aliphatic rings. The van der Waals surface area contributed by atoms with Crippen molar-refractivity contribution >= 4 is 40.9 Å². The van der Waals surface area contributed by atoms with Crippen LogP contribution in [0.1, 0.15) is 11.1 Å². The zero-order chi connectivity index (χ0) is 19.4. The summed E-state index contributed by atoms with van der Waals surface area (Å²) >= 11 is 4.44. The molecule has 140 valence electrons. The first-order chi connectivity index (χ1) is 12.8. The first-order valence-electron chi connectivity index (χ1n) is 7.31. The van der Waals surface area contributed by atoms with E-state index in [4.69, 9.17) is 0 Å². The van der Waals surface area contributed by atoms with Crippen molar-refractivity contribution in [2.45, 2.75) is 0 Å². The second kappa shape index (κ2) is 13.1. The minimum atomic E-state index is 0.989. The number of aromatic nitrogens is 2. The van der Waals surface area contributed by atoms with Gasteiger partial charge in [0.1, 0.15) is 0 Å². The molecule has 6 heteroatoms. The molecule has 2 heterocycles. The van der Waals surface area contributed by atoms with Gasteiger partial charge in [0, 0.05) is 12.4 Å². The van der Waals surface area contributed by atoms with Gasteiger partial charge in [0.05, 0.1) is 0 Å². The zero-order valence-electron chi connectivity index (χ0n) is 13.6. The minimum absolute atomic E-state index is 0.989. The van der Waals surface area contributed by atoms with Gasteiger partial charge in [-0.05, 0) is 23.2 Å². The Bertz CT molecular complexity index is 845. The van der Waals surface area contributed by atoms with Crippen molar-refractivity contribution in [3.8, 4) is 0 Å². The third kappa shape index (κ3) is 6.57. The Morgan fingerprint density at radius 1 is 0.577 bits per heavy atom. The fraction of sp³-hybridized carbons (Fsp3) is 0. The summed E-state index contributed by atoms with van der Waals surface area (Å²) in [5, 5.41) is 2.31. The van der Waals surface area contributed by atoms with E-state index in [0.717, 1.165) is 32.9 Å². The normalized spacial score (nSPS) is 9.15. The second-order valence-electron chi connectivity index (χ2n) is 4.98. The topological polar surface area (TPSA) is 25.8 Å². The summed E-state index contributed by atoms with van der Waals surface area (Å²) in [7, 11) is 8.98. The molecule has 26 heavy (non-hydrogen) atoms. The molecule has 0 radical (unpaired) electrons. The molecule has 0 fully saturated rings. The van der Waals surface area contributed by atoms with Crippen molar-refractivity contribution in [1.29, 1.82) is 0 Å². The first-order valence-corrected chi connectivity index (χ1v) is 11.3. The van der Waals surface area contributed by atoms with Crippen molar-refractivity contribution in [2.75, 3.05) is 0 Å². The molecular formula is C20H16Cl2N2Pd2. The number of halogens is 2. The van der Waals surface area contributed by atoms with Crippen LogP contribution in [0.2, 0.25) is 0 Å². The third-order valence-corrected chi connectivity index (χ3v) is 3.43. The van der Waals surface area contributed by atoms with Crippen LogP contribution in [0, 0.1) is 13.8 Å². The predicted octanol–water partition coefficient (Wildman–Crippen LogP) is 6.21. The van der Waals surface area contributed by atoms with Gasteiger partial charge < -0.3 is 9.97 Å². The fourth-order valence-electron chi connectivity index (χ4n) is 2.33. The van der Waals surface area contributed by atoms with Crippen molar-refractivity contribution in [3.05, 3.63) is 98.0 Å². The Morgan fingerprint density at radius 3 is 1.27 bits per heavy atom. The van der Waals surface area contributed by atoms with Gasteiger partial charge in [-0.3, -0.25) is 0 Å². The summed E-state index contributed by atoms with van der Waals surface area (Å²) in [6, 6.07) is 19.9. The standard InChI is InChI=1S/2C10H8N.2ClH.2Pd/c2*1-8-4-2-5-9-6-3-7-11-10(8)9;;;;/h2*2-7H,1H2;2*1H;;/q2*-1;;;2*+2/p-2. The number of hydrogen-bond acceptors (Lipinski definition) is 2. The molecule has 2 aromatic heterocycles. The summed E-state index contributed by atoms with van der Waals surface area (Å²) in [5.74, 6) is 0. The zero-order valence-corrected chi connectivity index (χ0v) is 18.2. The van der Waals surface area contributed by atoms with Gasteiger partial charge in [-0.25, -0.2) is 0 Å². The Labute approximate surface area is 184 Å². The van der Waals surface area contributed by atoms with E-state index >= 15 is 0 Å². The van der Waals surface area contributed by atoms with Crippen LogP contribution >= 0.6 is 19.1 Å². The van der Waals surface area contributed by atoms with E-state index < -0.39 is 0 Å². The molecule has 0 bridgehead atoms. The van der Waals surface area contributed by atoms with Gasteiger partial charge in [-0.1, -0.05) is 35.0 Å². The quantitative estimate of drug-likeness (QED) is 0.187. The fourth-order valence-corrected chi connectivity index (χ4v) is 2.33. The average molecular weight is 568 g/mol. The van der Waals surface area contributed by atoms with E-state index in [1.807, 2.05) is 60.7 Å². The van der Waals surface area contributed by atoms with Gasteiger partial charge in [-0.15, -0.1) is 12.1 Å². The van der Waals surface area contributed by atoms with Crippen molar-refractivity contribution in [2.24, 2.45) is 0 Å². The number of hydrogen-bond donors (Lipinski definition) is 0. The van der Waals surface area contributed by atoms with Crippen molar-refractivity contribution in [1.82, 2.24) is 9.97 Å². The molecule has 2 aromatic carbocycles. The molecule has 4 aromatic rings. The summed E-state index contributed by atoms with van der Waals surface area (Å²) in [6.07, 6.45) is 3.58. The number of fused-ring (bicyclic) bond motifs is 2. The summed E-state index contributed by atoms with van der Waals surface area (Å²) in [4.78, 5) is 8.44. The number of benzene rings is 2. The van der Waals surface area contributed by atoms with Gasteiger partial charge in [0.25, 0.3) is 0 Å². The van der Waals surface area contributed by atoms with Crippen LogP contribution in [0.4, 0.5) is 0 Å². The molecule has 2 nitrogen and oxygen atoms in total. The average Bonchev–Trinajstić information content (AvgIpc) is 2.72. The van der Waals surface area contributed by atoms with Crippen LogP contribution < -0.4 is 0 Å². The monoisotopic (exact) mass is 566 g/mol. The van der Waals surface area contributed by atoms with Gasteiger partial charge in [-0.2, -0.15) is 37.1 Å². The Morgan fingerprint density at radius 2 is 0.923 bits per heavy atom. The van der Waals surface area contributed by atoms with E-state index in [-0.39, 0.29) is 0 Å². The van der Waals surface area contributed by atoms with Crippen LogP contribution in [-0.4, -0.2) is 9.97 Å². The van der Waals surface area contributed by atoms with Gasteiger partial charge in [0.15, 0.2) is 0 Å². The molecule has 0 unspecified atom stereocenters. The summed E-state index contributed by atoms with van der Waals surface area (Å²) < 4.78 is 0. The molecule has 0 atom stereocenters. The summed E-state index contributed by atoms with van der Waals surface area (Å²) in [5.41, 5.74) is 3.97. The molecule has 0 saturated heterocycles. The Balaban J connectivity index is 0.000000219. The van der Waals surface area contributed by atoms with Crippen LogP contribution in [-0.2, 0) is 36.4 Å². The van der Waals surface area contributed by atoms with Crippen LogP contribution in [0.15, 0.2) is 73.1 Å².